The van der Waals surface area contributed by atoms with Crippen molar-refractivity contribution in [2.45, 2.75) is 70.0 Å². The largest absolute Gasteiger partial charge is 0.473 e. The number of anilines is 1. The van der Waals surface area contributed by atoms with Crippen LogP contribution in [0.2, 0.25) is 0 Å². The first kappa shape index (κ1) is 30.7. The van der Waals surface area contributed by atoms with E-state index in [-0.39, 0.29) is 42.3 Å². The van der Waals surface area contributed by atoms with Gasteiger partial charge in [0.25, 0.3) is 0 Å². The quantitative estimate of drug-likeness (QED) is 0.292. The summed E-state index contributed by atoms with van der Waals surface area (Å²) in [4.78, 5) is 48.9. The number of hydrogen-bond acceptors (Lipinski definition) is 11. The van der Waals surface area contributed by atoms with Crippen LogP contribution in [-0.2, 0) is 35.7 Å². The molecule has 4 N–H and O–H groups in total. The van der Waals surface area contributed by atoms with E-state index in [1.165, 1.54) is 7.11 Å². The number of nitrogens with one attached hydrogen (secondary N) is 3. The van der Waals surface area contributed by atoms with Crippen molar-refractivity contribution in [3.8, 4) is 5.75 Å². The van der Waals surface area contributed by atoms with Crippen LogP contribution in [0.5, 0.6) is 5.75 Å². The number of carbonyl (C=O) groups excluding carboxylic acids is 3. The van der Waals surface area contributed by atoms with Crippen LogP contribution in [0, 0.1) is 11.8 Å². The number of aliphatic imine (C=N–C) groups is 1. The summed E-state index contributed by atoms with van der Waals surface area (Å²) in [5.41, 5.74) is 2.43. The molecule has 3 aromatic rings. The zero-order chi connectivity index (χ0) is 33.2. The number of aliphatic hydroxyl groups is 1. The number of esters is 1. The van der Waals surface area contributed by atoms with Crippen LogP contribution in [0.4, 0.5) is 5.69 Å². The van der Waals surface area contributed by atoms with Gasteiger partial charge in [-0.2, -0.15) is 0 Å². The summed E-state index contributed by atoms with van der Waals surface area (Å²) in [6.07, 6.45) is -1.79. The first-order valence-electron chi connectivity index (χ1n) is 15.8. The number of aliphatic hydroxyl groups excluding tert-OH is 1. The normalized spacial score (nSPS) is 26.0. The van der Waals surface area contributed by atoms with Gasteiger partial charge in [0.05, 0.1) is 7.11 Å². The molecule has 4 aliphatic heterocycles. The van der Waals surface area contributed by atoms with Crippen molar-refractivity contribution in [2.75, 3.05) is 19.0 Å². The molecule has 13 nitrogen and oxygen atoms in total. The number of oxazole rings is 1. The van der Waals surface area contributed by atoms with Crippen LogP contribution in [0.15, 0.2) is 51.9 Å². The molecule has 0 fully saturated rings. The van der Waals surface area contributed by atoms with Crippen LogP contribution in [0.25, 0.3) is 0 Å². The summed E-state index contributed by atoms with van der Waals surface area (Å²) >= 11 is 0. The standard InChI is InChI=1S/C34H37N5O8/c1-15(2)24-31-39-25(30-36-22(14-45-30)32(43)44-5)27(47-31)34-18-8-6-7-9-20(18)37-33(34)46-23-11-10-17(12-19(23)34)13-21(28(41)38-24)35-29(42)26(40)16(3)4/h6-12,15-16,21-22,24,26,33,37,40H,13-14H2,1-5H3,(H,35,42)(H,38,41)/t21-,22?,24-,26-,33-,34?/m0/s1. The number of aromatic nitrogens is 1. The van der Waals surface area contributed by atoms with E-state index in [9.17, 15) is 19.5 Å². The number of fused-ring (bicyclic) bond motifs is 4. The zero-order valence-corrected chi connectivity index (χ0v) is 26.7. The molecule has 0 saturated heterocycles. The number of nitrogens with zero attached hydrogens (tertiary/aromatic N) is 2. The number of benzene rings is 2. The number of para-hydroxylation sites is 1. The fourth-order valence-corrected chi connectivity index (χ4v) is 6.77. The second-order valence-corrected chi connectivity index (χ2v) is 13.0. The average molecular weight is 644 g/mol. The number of amides is 2. The molecule has 0 aliphatic carbocycles. The van der Waals surface area contributed by atoms with Gasteiger partial charge in [0.1, 0.15) is 36.0 Å². The number of hydrogen-bond donors (Lipinski definition) is 4. The molecular formula is C34H37N5O8. The second kappa shape index (κ2) is 11.4. The number of methoxy groups -OCH3 is 1. The summed E-state index contributed by atoms with van der Waals surface area (Å²) in [6.45, 7) is 7.27. The Morgan fingerprint density at radius 3 is 2.64 bits per heavy atom. The highest BCUT2D eigenvalue weighted by molar-refractivity contribution is 5.98. The van der Waals surface area contributed by atoms with Crippen molar-refractivity contribution in [2.24, 2.45) is 16.8 Å². The maximum atomic E-state index is 14.0. The lowest BCUT2D eigenvalue weighted by Crippen LogP contribution is -2.52. The third-order valence-corrected chi connectivity index (χ3v) is 9.28. The van der Waals surface area contributed by atoms with Gasteiger partial charge in [-0.15, -0.1) is 0 Å². The van der Waals surface area contributed by atoms with E-state index in [0.29, 0.717) is 11.5 Å². The van der Waals surface area contributed by atoms with E-state index in [0.717, 1.165) is 22.4 Å². The van der Waals surface area contributed by atoms with Crippen molar-refractivity contribution in [3.05, 3.63) is 76.5 Å². The summed E-state index contributed by atoms with van der Waals surface area (Å²) in [5, 5.41) is 19.8. The minimum atomic E-state index is -1.29. The summed E-state index contributed by atoms with van der Waals surface area (Å²) in [5.74, 6) is -0.895. The van der Waals surface area contributed by atoms with Gasteiger partial charge in [0, 0.05) is 17.7 Å². The molecule has 1 spiro atoms. The third kappa shape index (κ3) is 4.82. The Kier molecular flexibility index (Phi) is 7.46. The smallest absolute Gasteiger partial charge is 0.334 e. The summed E-state index contributed by atoms with van der Waals surface area (Å²) in [7, 11) is 1.29. The molecule has 1 aromatic heterocycles. The van der Waals surface area contributed by atoms with Crippen molar-refractivity contribution in [1.29, 1.82) is 0 Å². The lowest BCUT2D eigenvalue weighted by Gasteiger charge is -2.29. The van der Waals surface area contributed by atoms with E-state index in [2.05, 4.69) is 20.9 Å². The monoisotopic (exact) mass is 643 g/mol. The van der Waals surface area contributed by atoms with Gasteiger partial charge in [-0.3, -0.25) is 9.59 Å². The molecule has 13 heteroatoms. The highest BCUT2D eigenvalue weighted by Crippen LogP contribution is 2.58. The molecule has 2 unspecified atom stereocenters. The van der Waals surface area contributed by atoms with Gasteiger partial charge >= 0.3 is 5.97 Å². The van der Waals surface area contributed by atoms with Gasteiger partial charge < -0.3 is 39.7 Å². The van der Waals surface area contributed by atoms with Crippen LogP contribution >= 0.6 is 0 Å². The maximum absolute atomic E-state index is 14.0. The minimum absolute atomic E-state index is 0.0277. The first-order valence-corrected chi connectivity index (χ1v) is 15.8. The van der Waals surface area contributed by atoms with Crippen LogP contribution < -0.4 is 20.7 Å². The zero-order valence-electron chi connectivity index (χ0n) is 26.7. The molecule has 5 heterocycles. The van der Waals surface area contributed by atoms with Crippen molar-refractivity contribution in [1.82, 2.24) is 15.6 Å². The maximum Gasteiger partial charge on any atom is 0.334 e. The van der Waals surface area contributed by atoms with Gasteiger partial charge in [0.15, 0.2) is 23.7 Å². The van der Waals surface area contributed by atoms with E-state index < -0.39 is 53.7 Å². The Hall–Kier alpha value is -4.91. The molecular weight excluding hydrogens is 606 g/mol. The Bertz CT molecular complexity index is 1800. The molecule has 4 bridgehead atoms. The Labute approximate surface area is 271 Å². The molecule has 2 aromatic carbocycles. The second-order valence-electron chi connectivity index (χ2n) is 13.0. The molecule has 246 valence electrons. The number of rotatable bonds is 6. The Morgan fingerprint density at radius 2 is 1.89 bits per heavy atom. The predicted molar refractivity (Wildman–Crippen MR) is 168 cm³/mol. The van der Waals surface area contributed by atoms with E-state index in [1.54, 1.807) is 13.8 Å². The average Bonchev–Trinajstić information content (AvgIpc) is 3.83. The molecule has 4 aliphatic rings. The van der Waals surface area contributed by atoms with E-state index >= 15 is 0 Å². The van der Waals surface area contributed by atoms with E-state index in [1.807, 2.05) is 56.3 Å². The van der Waals surface area contributed by atoms with Gasteiger partial charge in [0.2, 0.25) is 23.6 Å². The SMILES string of the molecule is COC(=O)C1COC(c2nc3oc2C24c5ccccc5N[C@H]2Oc2ccc(cc24)C[C@H](NC(=O)[C@@H](O)C(C)C)C(=O)N[C@H]3C(C)C)=N1. The van der Waals surface area contributed by atoms with Crippen molar-refractivity contribution in [3.63, 3.8) is 0 Å². The fraction of sp³-hybridized carbons (Fsp3) is 0.441. The van der Waals surface area contributed by atoms with Gasteiger partial charge in [-0.1, -0.05) is 58.0 Å². The first-order chi connectivity index (χ1) is 22.5. The highest BCUT2D eigenvalue weighted by atomic mass is 16.5. The summed E-state index contributed by atoms with van der Waals surface area (Å²) in [6, 6.07) is 10.8. The molecule has 2 amide bonds. The Balaban J connectivity index is 1.46. The number of carbonyl (C=O) groups is 3. The van der Waals surface area contributed by atoms with Crippen molar-refractivity contribution < 1.29 is 38.1 Å². The van der Waals surface area contributed by atoms with Gasteiger partial charge in [-0.05, 0) is 35.1 Å². The molecule has 7 rings (SSSR count). The topological polar surface area (TPSA) is 174 Å². The molecule has 47 heavy (non-hydrogen) atoms. The van der Waals surface area contributed by atoms with Crippen molar-refractivity contribution >= 4 is 29.4 Å². The van der Waals surface area contributed by atoms with Crippen LogP contribution in [0.3, 0.4) is 0 Å². The number of ether oxygens (including phenoxy) is 3. The van der Waals surface area contributed by atoms with Crippen LogP contribution in [0.1, 0.15) is 67.8 Å². The third-order valence-electron chi connectivity index (χ3n) is 9.28. The van der Waals surface area contributed by atoms with Crippen LogP contribution in [-0.4, -0.2) is 71.9 Å². The van der Waals surface area contributed by atoms with E-state index in [4.69, 9.17) is 23.6 Å². The lowest BCUT2D eigenvalue weighted by atomic mass is 9.72. The summed E-state index contributed by atoms with van der Waals surface area (Å²) < 4.78 is 24.2. The molecule has 0 radical (unpaired) electrons. The molecule has 0 saturated carbocycles. The van der Waals surface area contributed by atoms with Gasteiger partial charge in [-0.25, -0.2) is 14.8 Å². The highest BCUT2D eigenvalue weighted by Gasteiger charge is 2.61. The lowest BCUT2D eigenvalue weighted by molar-refractivity contribution is -0.142. The fourth-order valence-electron chi connectivity index (χ4n) is 6.77. The predicted octanol–water partition coefficient (Wildman–Crippen LogP) is 2.34. The molecule has 6 atom stereocenters. The Morgan fingerprint density at radius 1 is 1.11 bits per heavy atom. The minimum Gasteiger partial charge on any atom is -0.473 e.